The molecule has 0 spiro atoms. The molecule has 114 valence electrons. The molecule has 0 radical (unpaired) electrons. The van der Waals surface area contributed by atoms with Gasteiger partial charge in [-0.1, -0.05) is 0 Å². The van der Waals surface area contributed by atoms with Gasteiger partial charge in [-0.2, -0.15) is 0 Å². The zero-order valence-electron chi connectivity index (χ0n) is 12.5. The van der Waals surface area contributed by atoms with Crippen molar-refractivity contribution in [2.75, 3.05) is 45.6 Å². The SMILES string of the molecule is COc1ccc(N)c(C(=O)N2CCN(CC3CC3)CC2)c1. The third-order valence-corrected chi connectivity index (χ3v) is 4.36. The molecule has 1 aromatic carbocycles. The van der Waals surface area contributed by atoms with Crippen LogP contribution in [-0.2, 0) is 0 Å². The average Bonchev–Trinajstić information content (AvgIpc) is 3.32. The second-order valence-electron chi connectivity index (χ2n) is 5.99. The summed E-state index contributed by atoms with van der Waals surface area (Å²) in [6.45, 7) is 4.69. The van der Waals surface area contributed by atoms with Crippen LogP contribution in [0.3, 0.4) is 0 Å². The lowest BCUT2D eigenvalue weighted by Gasteiger charge is -2.35. The van der Waals surface area contributed by atoms with Crippen molar-refractivity contribution in [1.29, 1.82) is 0 Å². The predicted octanol–water partition coefficient (Wildman–Crippen LogP) is 1.45. The number of rotatable bonds is 4. The Morgan fingerprint density at radius 1 is 1.29 bits per heavy atom. The molecular weight excluding hydrogens is 266 g/mol. The second-order valence-corrected chi connectivity index (χ2v) is 5.99. The number of amides is 1. The van der Waals surface area contributed by atoms with Crippen molar-refractivity contribution >= 4 is 11.6 Å². The molecule has 0 atom stereocenters. The fourth-order valence-electron chi connectivity index (χ4n) is 2.82. The Morgan fingerprint density at radius 2 is 2.00 bits per heavy atom. The smallest absolute Gasteiger partial charge is 0.256 e. The summed E-state index contributed by atoms with van der Waals surface area (Å²) in [6, 6.07) is 5.24. The highest BCUT2D eigenvalue weighted by Gasteiger charge is 2.28. The zero-order valence-corrected chi connectivity index (χ0v) is 12.5. The molecular formula is C16H23N3O2. The van der Waals surface area contributed by atoms with Crippen LogP contribution in [0.2, 0.25) is 0 Å². The normalized spacial score (nSPS) is 19.6. The number of nitrogens with zero attached hydrogens (tertiary/aromatic N) is 2. The molecule has 1 aromatic rings. The maximum Gasteiger partial charge on any atom is 0.256 e. The van der Waals surface area contributed by atoms with Gasteiger partial charge in [0.15, 0.2) is 0 Å². The third-order valence-electron chi connectivity index (χ3n) is 4.36. The average molecular weight is 289 g/mol. The molecule has 2 aliphatic rings. The van der Waals surface area contributed by atoms with Crippen LogP contribution in [0.4, 0.5) is 5.69 Å². The number of carbonyl (C=O) groups excluding carboxylic acids is 1. The predicted molar refractivity (Wildman–Crippen MR) is 82.5 cm³/mol. The standard InChI is InChI=1S/C16H23N3O2/c1-21-13-4-5-15(17)14(10-13)16(20)19-8-6-18(7-9-19)11-12-2-3-12/h4-5,10,12H,2-3,6-9,11,17H2,1H3. The first-order valence-electron chi connectivity index (χ1n) is 7.62. The number of hydrogen-bond acceptors (Lipinski definition) is 4. The summed E-state index contributed by atoms with van der Waals surface area (Å²) >= 11 is 0. The van der Waals surface area contributed by atoms with Crippen LogP contribution in [-0.4, -0.2) is 55.5 Å². The molecule has 0 unspecified atom stereocenters. The van der Waals surface area contributed by atoms with Crippen molar-refractivity contribution in [3.05, 3.63) is 23.8 Å². The van der Waals surface area contributed by atoms with Crippen molar-refractivity contribution in [2.24, 2.45) is 5.92 Å². The maximum atomic E-state index is 12.6. The number of methoxy groups -OCH3 is 1. The van der Waals surface area contributed by atoms with Gasteiger partial charge in [0.25, 0.3) is 5.91 Å². The van der Waals surface area contributed by atoms with E-state index < -0.39 is 0 Å². The number of nitrogen functional groups attached to an aromatic ring is 1. The Balaban J connectivity index is 1.63. The summed E-state index contributed by atoms with van der Waals surface area (Å²) in [7, 11) is 1.59. The molecule has 2 N–H and O–H groups in total. The van der Waals surface area contributed by atoms with E-state index in [1.165, 1.54) is 19.4 Å². The van der Waals surface area contributed by atoms with Gasteiger partial charge in [-0.3, -0.25) is 9.69 Å². The molecule has 1 saturated carbocycles. The largest absolute Gasteiger partial charge is 0.497 e. The molecule has 1 amide bonds. The second kappa shape index (κ2) is 5.93. The minimum atomic E-state index is 0.0115. The molecule has 1 heterocycles. The van der Waals surface area contributed by atoms with Gasteiger partial charge in [-0.05, 0) is 37.0 Å². The molecule has 21 heavy (non-hydrogen) atoms. The Hall–Kier alpha value is -1.75. The Bertz CT molecular complexity index is 520. The zero-order chi connectivity index (χ0) is 14.8. The fourth-order valence-corrected chi connectivity index (χ4v) is 2.82. The lowest BCUT2D eigenvalue weighted by molar-refractivity contribution is 0.0632. The molecule has 5 nitrogen and oxygen atoms in total. The summed E-state index contributed by atoms with van der Waals surface area (Å²) in [5, 5.41) is 0. The van der Waals surface area contributed by atoms with Crippen LogP contribution < -0.4 is 10.5 Å². The van der Waals surface area contributed by atoms with Crippen molar-refractivity contribution < 1.29 is 9.53 Å². The van der Waals surface area contributed by atoms with Gasteiger partial charge < -0.3 is 15.4 Å². The first-order valence-corrected chi connectivity index (χ1v) is 7.62. The molecule has 0 bridgehead atoms. The van der Waals surface area contributed by atoms with Crippen LogP contribution in [0.25, 0.3) is 0 Å². The van der Waals surface area contributed by atoms with E-state index in [1.807, 2.05) is 4.90 Å². The summed E-state index contributed by atoms with van der Waals surface area (Å²) < 4.78 is 5.18. The number of piperazine rings is 1. The van der Waals surface area contributed by atoms with Gasteiger partial charge in [0, 0.05) is 38.4 Å². The number of benzene rings is 1. The highest BCUT2D eigenvalue weighted by atomic mass is 16.5. The van der Waals surface area contributed by atoms with Gasteiger partial charge in [0.2, 0.25) is 0 Å². The Morgan fingerprint density at radius 3 is 2.62 bits per heavy atom. The molecule has 5 heteroatoms. The van der Waals surface area contributed by atoms with E-state index in [-0.39, 0.29) is 5.91 Å². The quantitative estimate of drug-likeness (QED) is 0.852. The number of hydrogen-bond donors (Lipinski definition) is 1. The summed E-state index contributed by atoms with van der Waals surface area (Å²) in [5.74, 6) is 1.58. The number of nitrogens with two attached hydrogens (primary N) is 1. The lowest BCUT2D eigenvalue weighted by Crippen LogP contribution is -2.49. The first kappa shape index (κ1) is 14.2. The monoisotopic (exact) mass is 289 g/mol. The van der Waals surface area contributed by atoms with E-state index in [2.05, 4.69) is 4.90 Å². The minimum absolute atomic E-state index is 0.0115. The van der Waals surface area contributed by atoms with Gasteiger partial charge in [-0.25, -0.2) is 0 Å². The van der Waals surface area contributed by atoms with Crippen LogP contribution in [0.5, 0.6) is 5.75 Å². The van der Waals surface area contributed by atoms with E-state index in [0.717, 1.165) is 32.1 Å². The minimum Gasteiger partial charge on any atom is -0.497 e. The van der Waals surface area contributed by atoms with Crippen molar-refractivity contribution in [3.8, 4) is 5.75 Å². The molecule has 2 fully saturated rings. The van der Waals surface area contributed by atoms with Gasteiger partial charge >= 0.3 is 0 Å². The van der Waals surface area contributed by atoms with Crippen LogP contribution in [0.15, 0.2) is 18.2 Å². The summed E-state index contributed by atoms with van der Waals surface area (Å²) in [4.78, 5) is 17.0. The van der Waals surface area contributed by atoms with E-state index in [0.29, 0.717) is 17.0 Å². The number of anilines is 1. The Kier molecular flexibility index (Phi) is 4.01. The first-order chi connectivity index (χ1) is 10.2. The van der Waals surface area contributed by atoms with Crippen molar-refractivity contribution in [1.82, 2.24) is 9.80 Å². The van der Waals surface area contributed by atoms with E-state index in [9.17, 15) is 4.79 Å². The Labute approximate surface area is 125 Å². The van der Waals surface area contributed by atoms with E-state index >= 15 is 0 Å². The van der Waals surface area contributed by atoms with Crippen molar-refractivity contribution in [2.45, 2.75) is 12.8 Å². The molecule has 1 saturated heterocycles. The highest BCUT2D eigenvalue weighted by molar-refractivity contribution is 5.99. The van der Waals surface area contributed by atoms with Gasteiger partial charge in [0.05, 0.1) is 12.7 Å². The van der Waals surface area contributed by atoms with Gasteiger partial charge in [-0.15, -0.1) is 0 Å². The summed E-state index contributed by atoms with van der Waals surface area (Å²) in [5.41, 5.74) is 7.00. The lowest BCUT2D eigenvalue weighted by atomic mass is 10.1. The van der Waals surface area contributed by atoms with E-state index in [1.54, 1.807) is 25.3 Å². The van der Waals surface area contributed by atoms with Crippen LogP contribution >= 0.6 is 0 Å². The van der Waals surface area contributed by atoms with Crippen LogP contribution in [0.1, 0.15) is 23.2 Å². The maximum absolute atomic E-state index is 12.6. The van der Waals surface area contributed by atoms with Crippen molar-refractivity contribution in [3.63, 3.8) is 0 Å². The number of ether oxygens (including phenoxy) is 1. The molecule has 3 rings (SSSR count). The number of carbonyl (C=O) groups is 1. The molecule has 0 aromatic heterocycles. The summed E-state index contributed by atoms with van der Waals surface area (Å²) in [6.07, 6.45) is 2.75. The molecule has 1 aliphatic heterocycles. The molecule has 1 aliphatic carbocycles. The fraction of sp³-hybridized carbons (Fsp3) is 0.562. The van der Waals surface area contributed by atoms with Gasteiger partial charge in [0.1, 0.15) is 5.75 Å². The third kappa shape index (κ3) is 3.29. The van der Waals surface area contributed by atoms with E-state index in [4.69, 9.17) is 10.5 Å². The topological polar surface area (TPSA) is 58.8 Å². The van der Waals surface area contributed by atoms with Crippen LogP contribution in [0, 0.1) is 5.92 Å². The highest BCUT2D eigenvalue weighted by Crippen LogP contribution is 2.30.